The van der Waals surface area contributed by atoms with Gasteiger partial charge in [-0.25, -0.2) is 0 Å². The lowest BCUT2D eigenvalue weighted by molar-refractivity contribution is -0.141. The molecule has 0 radical (unpaired) electrons. The number of nitrogens with one attached hydrogen (secondary N) is 8. The summed E-state index contributed by atoms with van der Waals surface area (Å²) in [5.74, 6) is -0.552. The van der Waals surface area contributed by atoms with Gasteiger partial charge < -0.3 is 25.0 Å². The molecule has 13 aromatic rings. The van der Waals surface area contributed by atoms with E-state index in [0.717, 1.165) is 16.7 Å². The van der Waals surface area contributed by atoms with E-state index in [9.17, 15) is 19.5 Å². The summed E-state index contributed by atoms with van der Waals surface area (Å²) in [7, 11) is 0. The largest absolute Gasteiger partial charge is 0.481 e. The number of fused-ring (bicyclic) bond motifs is 24. The molecule has 20 bridgehead atoms. The summed E-state index contributed by atoms with van der Waals surface area (Å²) in [6.07, 6.45) is 3.85. The zero-order valence-corrected chi connectivity index (χ0v) is 53.9. The van der Waals surface area contributed by atoms with E-state index >= 15 is 9.59 Å². The average molecular weight is 1310 g/mol. The summed E-state index contributed by atoms with van der Waals surface area (Å²) in [4.78, 5) is 95.0. The van der Waals surface area contributed by atoms with Crippen molar-refractivity contribution in [3.63, 3.8) is 0 Å². The molecule has 0 aliphatic carbocycles. The normalized spacial score (nSPS) is 14.4. The van der Waals surface area contributed by atoms with Crippen LogP contribution in [0.1, 0.15) is 137 Å². The van der Waals surface area contributed by atoms with E-state index in [4.69, 9.17) is 0 Å². The van der Waals surface area contributed by atoms with Crippen molar-refractivity contribution >= 4 is 52.3 Å². The van der Waals surface area contributed by atoms with Gasteiger partial charge >= 0.3 is 5.97 Å². The minimum atomic E-state index is -1.01. The van der Waals surface area contributed by atoms with Gasteiger partial charge in [-0.2, -0.15) is 0 Å². The average Bonchev–Trinajstić information content (AvgIpc) is 1.59. The van der Waals surface area contributed by atoms with Gasteiger partial charge in [0.05, 0.1) is 54.4 Å². The standard InChI is InChI=1S/C84H60N10O6/c95-80-55-19-9-14-50(40-55)42-59(84(99)100)43-51-15-10-20-56(41-51)81(96)91-65-28-6-2-24-61(65)77-69-32-31-68(86-69)76(60-23-1-5-27-64(60)90-80)70-33-35-72(87-70)78-62-25-3-7-29-66(62)92-82(97)57-21-11-16-52(44-57)47-94(49-54-18-13-39-85-46-54)48-53-17-12-22-58(45-53)83(98)93-67-30-8-4-26-63(67)79(73-36-34-71(77)88-73)75-38-37-74(78)89-75/h1-41,44-46,59,86-89H,42-43,47-49H2,(H-4,90,91,92,93,95,96,97,98,99,100)/p+4. The smallest absolute Gasteiger partial charge is 0.307 e. The van der Waals surface area contributed by atoms with E-state index < -0.39 is 23.7 Å². The number of carbonyl (C=O) groups is 5. The third kappa shape index (κ3) is 12.4. The van der Waals surface area contributed by atoms with Crippen LogP contribution in [0.3, 0.4) is 0 Å². The molecule has 0 atom stereocenters. The second kappa shape index (κ2) is 26.4. The van der Waals surface area contributed by atoms with Gasteiger partial charge in [0.15, 0.2) is 0 Å². The molecule has 16 heteroatoms. The van der Waals surface area contributed by atoms with Gasteiger partial charge in [0.25, 0.3) is 23.6 Å². The lowest BCUT2D eigenvalue weighted by atomic mass is 9.90. The number of H-pyrrole nitrogens is 4. The van der Waals surface area contributed by atoms with Crippen LogP contribution in [0.5, 0.6) is 0 Å². The molecule has 8 heterocycles. The monoisotopic (exact) mass is 1310 g/mol. The maximum atomic E-state index is 15.0. The van der Waals surface area contributed by atoms with Crippen LogP contribution in [0, 0.1) is 29.6 Å². The van der Waals surface area contributed by atoms with Crippen LogP contribution in [0.2, 0.25) is 0 Å². The number of rotatable bonds is 3. The number of aromatic nitrogens is 5. The fourth-order valence-corrected chi connectivity index (χ4v) is 14.1. The van der Waals surface area contributed by atoms with Gasteiger partial charge in [-0.15, -0.1) is 0 Å². The number of benzene rings is 8. The first-order valence-electron chi connectivity index (χ1n) is 33.1. The maximum absolute atomic E-state index is 15.0. The van der Waals surface area contributed by atoms with Gasteiger partial charge in [-0.05, 0) is 168 Å². The molecule has 0 unspecified atom stereocenters. The summed E-state index contributed by atoms with van der Waals surface area (Å²) in [5, 5.41) is 23.9. The molecule has 3 aliphatic rings. The highest BCUT2D eigenvalue weighted by molar-refractivity contribution is 6.08. The first-order chi connectivity index (χ1) is 49.0. The molecule has 0 saturated carbocycles. The molecule has 8 aromatic carbocycles. The third-order valence-electron chi connectivity index (χ3n) is 18.7. The Bertz CT molecular complexity index is 5000. The number of carboxylic acids is 1. The number of para-hydroxylation sites is 4. The van der Waals surface area contributed by atoms with Crippen molar-refractivity contribution in [3.8, 4) is 0 Å². The quantitative estimate of drug-likeness (QED) is 0.0770. The molecular weight excluding hydrogens is 1240 g/mol. The fourth-order valence-electron chi connectivity index (χ4n) is 14.1. The van der Waals surface area contributed by atoms with Crippen LogP contribution in [0.4, 0.5) is 22.7 Å². The van der Waals surface area contributed by atoms with E-state index in [-0.39, 0.29) is 24.7 Å². The Morgan fingerprint density at radius 3 is 0.970 bits per heavy atom. The first kappa shape index (κ1) is 61.7. The lowest BCUT2D eigenvalue weighted by Gasteiger charge is -2.23. The minimum Gasteiger partial charge on any atom is -0.481 e. The Morgan fingerprint density at radius 2 is 0.670 bits per heavy atom. The van der Waals surface area contributed by atoms with E-state index in [0.29, 0.717) is 167 Å². The fraction of sp³-hybridized carbons (Fsp3) is 0.0714. The first-order valence-corrected chi connectivity index (χ1v) is 33.1. The van der Waals surface area contributed by atoms with Gasteiger partial charge in [0.2, 0.25) is 0 Å². The molecule has 0 fully saturated rings. The van der Waals surface area contributed by atoms with E-state index in [1.54, 1.807) is 42.6 Å². The molecule has 0 spiro atoms. The second-order valence-corrected chi connectivity index (χ2v) is 25.4. The number of hydrogen-bond donors (Lipinski definition) is 9. The summed E-state index contributed by atoms with van der Waals surface area (Å²) in [6, 6.07) is 80.1. The van der Waals surface area contributed by atoms with Crippen molar-refractivity contribution in [2.75, 3.05) is 21.3 Å². The SMILES string of the molecule is O=C1Nc2ccccc2[C+]2c3ccc([nH]3)[C+](c3ccc([nH]3)[C+]3c4ccc([nH]4)[C+](c4ccc2[nH]4)c2ccccc2NC(=O)c2cccc(c2)CN(Cc2cccnc2)Cc2cccc(c2)C(=O)Nc2ccccc23)c2ccccc2NC(=O)c2cccc(c2)CC(C(=O)O)Cc2cccc1c2. The summed E-state index contributed by atoms with van der Waals surface area (Å²) in [5.41, 5.74) is 15.8. The van der Waals surface area contributed by atoms with E-state index in [2.05, 4.69) is 51.1 Å². The van der Waals surface area contributed by atoms with Crippen LogP contribution in [0.25, 0.3) is 0 Å². The summed E-state index contributed by atoms with van der Waals surface area (Å²) >= 11 is 0. The van der Waals surface area contributed by atoms with E-state index in [1.807, 2.05) is 225 Å². The number of anilines is 4. The van der Waals surface area contributed by atoms with Crippen LogP contribution in [-0.4, -0.2) is 64.5 Å². The molecule has 5 aromatic heterocycles. The predicted octanol–water partition coefficient (Wildman–Crippen LogP) is 15.1. The van der Waals surface area contributed by atoms with Crippen molar-refractivity contribution in [3.05, 3.63) is 409 Å². The number of aromatic amines is 4. The van der Waals surface area contributed by atoms with Crippen LogP contribution in [-0.2, 0) is 37.3 Å². The van der Waals surface area contributed by atoms with Crippen LogP contribution < -0.4 is 21.3 Å². The molecular formula is C84H64N10O6+4. The highest BCUT2D eigenvalue weighted by Crippen LogP contribution is 2.45. The van der Waals surface area contributed by atoms with Gasteiger partial charge in [0.1, 0.15) is 114 Å². The van der Waals surface area contributed by atoms with Gasteiger partial charge in [-0.3, -0.25) is 55.1 Å². The molecule has 3 aliphatic heterocycles. The third-order valence-corrected chi connectivity index (χ3v) is 18.7. The van der Waals surface area contributed by atoms with Crippen molar-refractivity contribution < 1.29 is 29.1 Å². The molecule has 100 heavy (non-hydrogen) atoms. The summed E-state index contributed by atoms with van der Waals surface area (Å²) < 4.78 is 0. The predicted molar refractivity (Wildman–Crippen MR) is 384 cm³/mol. The molecule has 0 saturated heterocycles. The Labute approximate surface area is 576 Å². The molecule has 9 N–H and O–H groups in total. The number of hydrogen-bond acceptors (Lipinski definition) is 7. The minimum absolute atomic E-state index is 0.121. The van der Waals surface area contributed by atoms with Gasteiger partial charge in [-0.1, -0.05) is 54.6 Å². The van der Waals surface area contributed by atoms with Crippen molar-refractivity contribution in [2.45, 2.75) is 32.5 Å². The number of pyridine rings is 1. The molecule has 16 rings (SSSR count). The van der Waals surface area contributed by atoms with Crippen molar-refractivity contribution in [1.29, 1.82) is 0 Å². The molecule has 16 nitrogen and oxygen atoms in total. The number of carboxylic acid groups (broad SMARTS) is 1. The number of carbonyl (C=O) groups excluding carboxylic acids is 4. The van der Waals surface area contributed by atoms with Gasteiger partial charge in [0, 0.05) is 78.5 Å². The van der Waals surface area contributed by atoms with E-state index in [1.165, 1.54) is 0 Å². The Morgan fingerprint density at radius 1 is 0.370 bits per heavy atom. The highest BCUT2D eigenvalue weighted by Gasteiger charge is 2.41. The zero-order chi connectivity index (χ0) is 67.8. The zero-order valence-electron chi connectivity index (χ0n) is 53.9. The van der Waals surface area contributed by atoms with Crippen molar-refractivity contribution in [1.82, 2.24) is 29.8 Å². The van der Waals surface area contributed by atoms with Crippen molar-refractivity contribution in [2.24, 2.45) is 5.92 Å². The Kier molecular flexibility index (Phi) is 16.3. The topological polar surface area (TPSA) is 233 Å². The lowest BCUT2D eigenvalue weighted by Crippen LogP contribution is -2.23. The number of amides is 4. The van der Waals surface area contributed by atoms with Crippen LogP contribution in [0.15, 0.2) is 267 Å². The maximum Gasteiger partial charge on any atom is 0.307 e. The summed E-state index contributed by atoms with van der Waals surface area (Å²) in [6.45, 7) is 1.48. The number of nitrogens with zero attached hydrogens (tertiary/aromatic N) is 2. The Hall–Kier alpha value is -13.2. The number of aliphatic carboxylic acids is 1. The second-order valence-electron chi connectivity index (χ2n) is 25.4. The molecule has 482 valence electrons. The highest BCUT2D eigenvalue weighted by atomic mass is 16.4. The Balaban J connectivity index is 0.910. The molecule has 4 amide bonds. The van der Waals surface area contributed by atoms with Crippen LogP contribution >= 0.6 is 0 Å².